The molecule has 22 heavy (non-hydrogen) atoms. The van der Waals surface area contributed by atoms with E-state index in [1.54, 1.807) is 0 Å². The van der Waals surface area contributed by atoms with Crippen molar-refractivity contribution >= 4 is 35.0 Å². The van der Waals surface area contributed by atoms with Crippen molar-refractivity contribution in [3.8, 4) is 0 Å². The summed E-state index contributed by atoms with van der Waals surface area (Å²) in [7, 11) is -0.491. The van der Waals surface area contributed by atoms with Gasteiger partial charge in [0.05, 0.1) is 21.7 Å². The van der Waals surface area contributed by atoms with Crippen molar-refractivity contribution in [2.24, 2.45) is 0 Å². The van der Waals surface area contributed by atoms with Gasteiger partial charge in [0.15, 0.2) is 0 Å². The number of thiophene rings is 1. The average Bonchev–Trinajstić information content (AvgIpc) is 2.79. The van der Waals surface area contributed by atoms with Gasteiger partial charge >= 0.3 is 13.2 Å². The van der Waals surface area contributed by atoms with Gasteiger partial charge in [0.1, 0.15) is 5.60 Å². The Hall–Kier alpha value is -1.05. The highest BCUT2D eigenvalue weighted by Crippen LogP contribution is 2.37. The van der Waals surface area contributed by atoms with Crippen LogP contribution in [0.1, 0.15) is 48.5 Å². The molecule has 1 saturated heterocycles. The van der Waals surface area contributed by atoms with Gasteiger partial charge in [-0.2, -0.15) is 11.3 Å². The molecule has 0 saturated carbocycles. The third kappa shape index (κ3) is 3.64. The first kappa shape index (κ1) is 17.3. The van der Waals surface area contributed by atoms with Gasteiger partial charge in [-0.05, 0) is 59.9 Å². The Morgan fingerprint density at radius 2 is 1.77 bits per heavy atom. The van der Waals surface area contributed by atoms with Crippen LogP contribution in [0.3, 0.4) is 0 Å². The third-order valence-electron chi connectivity index (χ3n) is 3.80. The van der Waals surface area contributed by atoms with Gasteiger partial charge in [0, 0.05) is 0 Å². The van der Waals surface area contributed by atoms with Crippen molar-refractivity contribution in [3.63, 3.8) is 0 Å². The van der Waals surface area contributed by atoms with Crippen molar-refractivity contribution in [3.05, 3.63) is 11.4 Å². The van der Waals surface area contributed by atoms with Crippen molar-refractivity contribution in [2.75, 3.05) is 5.32 Å². The van der Waals surface area contributed by atoms with Crippen molar-refractivity contribution in [1.29, 1.82) is 0 Å². The molecular weight excluding hydrogens is 301 g/mol. The number of rotatable bonds is 2. The fourth-order valence-electron chi connectivity index (χ4n) is 1.97. The Balaban J connectivity index is 2.13. The van der Waals surface area contributed by atoms with E-state index in [4.69, 9.17) is 14.0 Å². The molecule has 0 unspecified atom stereocenters. The Morgan fingerprint density at radius 3 is 2.27 bits per heavy atom. The number of ether oxygens (including phenoxy) is 1. The summed E-state index contributed by atoms with van der Waals surface area (Å²) >= 11 is 1.49. The lowest BCUT2D eigenvalue weighted by molar-refractivity contribution is 0.00578. The van der Waals surface area contributed by atoms with Gasteiger partial charge in [-0.25, -0.2) is 4.79 Å². The molecule has 1 amide bonds. The lowest BCUT2D eigenvalue weighted by Gasteiger charge is -2.32. The number of nitrogens with one attached hydrogen (secondary N) is 1. The largest absolute Gasteiger partial charge is 0.507 e. The first-order chi connectivity index (χ1) is 9.91. The minimum absolute atomic E-state index is 0.412. The maximum atomic E-state index is 11.9. The van der Waals surface area contributed by atoms with E-state index in [1.807, 2.05) is 59.9 Å². The molecular formula is C15H24BNO4S. The van der Waals surface area contributed by atoms with E-state index in [2.05, 4.69) is 5.32 Å². The van der Waals surface area contributed by atoms with Crippen LogP contribution >= 0.6 is 11.3 Å². The van der Waals surface area contributed by atoms with E-state index in [0.29, 0.717) is 5.69 Å². The smallest absolute Gasteiger partial charge is 0.444 e. The molecule has 1 fully saturated rings. The normalized spacial score (nSPS) is 20.0. The third-order valence-corrected chi connectivity index (χ3v) is 4.74. The predicted molar refractivity (Wildman–Crippen MR) is 89.9 cm³/mol. The van der Waals surface area contributed by atoms with Gasteiger partial charge in [-0.1, -0.05) is 0 Å². The summed E-state index contributed by atoms with van der Waals surface area (Å²) < 4.78 is 18.2. The van der Waals surface area contributed by atoms with E-state index in [1.165, 1.54) is 11.3 Å². The minimum Gasteiger partial charge on any atom is -0.444 e. The van der Waals surface area contributed by atoms with E-state index in [0.717, 1.165) is 4.78 Å². The summed E-state index contributed by atoms with van der Waals surface area (Å²) in [5, 5.41) is 4.66. The first-order valence-corrected chi connectivity index (χ1v) is 8.22. The van der Waals surface area contributed by atoms with E-state index in [-0.39, 0.29) is 0 Å². The SMILES string of the molecule is CC(C)(C)OC(=O)Nc1ccsc1B1OC(C)(C)C(C)(C)O1. The highest BCUT2D eigenvalue weighted by atomic mass is 32.1. The molecule has 0 bridgehead atoms. The molecule has 1 N–H and O–H groups in total. The maximum Gasteiger partial charge on any atom is 0.507 e. The Morgan fingerprint density at radius 1 is 1.23 bits per heavy atom. The standard InChI is InChI=1S/C15H24BNO4S/c1-13(2,3)19-12(18)17-10-8-9-22-11(10)16-20-14(4,5)15(6,7)21-16/h8-9H,1-7H3,(H,17,18). The fraction of sp³-hybridized carbons (Fsp3) is 0.667. The molecule has 1 aromatic rings. The molecule has 5 nitrogen and oxygen atoms in total. The fourth-order valence-corrected chi connectivity index (χ4v) is 2.77. The van der Waals surface area contributed by atoms with Crippen LogP contribution in [-0.2, 0) is 14.0 Å². The molecule has 0 spiro atoms. The second kappa shape index (κ2) is 5.55. The molecule has 7 heteroatoms. The van der Waals surface area contributed by atoms with Crippen LogP contribution in [0.4, 0.5) is 10.5 Å². The lowest BCUT2D eigenvalue weighted by Crippen LogP contribution is -2.41. The first-order valence-electron chi connectivity index (χ1n) is 7.34. The van der Waals surface area contributed by atoms with Gasteiger partial charge in [-0.15, -0.1) is 0 Å². The predicted octanol–water partition coefficient (Wildman–Crippen LogP) is 3.39. The number of amides is 1. The number of carbonyl (C=O) groups is 1. The summed E-state index contributed by atoms with van der Waals surface area (Å²) in [6.07, 6.45) is -0.483. The van der Waals surface area contributed by atoms with Gasteiger partial charge in [-0.3, -0.25) is 5.32 Å². The average molecular weight is 325 g/mol. The van der Waals surface area contributed by atoms with E-state index >= 15 is 0 Å². The number of carbonyl (C=O) groups excluding carboxylic acids is 1. The van der Waals surface area contributed by atoms with Crippen LogP contribution in [0.15, 0.2) is 11.4 Å². The summed E-state index contributed by atoms with van der Waals surface area (Å²) in [4.78, 5) is 11.9. The number of anilines is 1. The monoisotopic (exact) mass is 325 g/mol. The molecule has 2 rings (SSSR count). The number of hydrogen-bond donors (Lipinski definition) is 1. The van der Waals surface area contributed by atoms with Crippen molar-refractivity contribution in [2.45, 2.75) is 65.3 Å². The Labute approximate surface area is 136 Å². The van der Waals surface area contributed by atoms with Crippen molar-refractivity contribution < 1.29 is 18.8 Å². The van der Waals surface area contributed by atoms with Crippen LogP contribution in [0.5, 0.6) is 0 Å². The molecule has 2 heterocycles. The van der Waals surface area contributed by atoms with Crippen LogP contribution < -0.4 is 10.1 Å². The van der Waals surface area contributed by atoms with Crippen molar-refractivity contribution in [1.82, 2.24) is 0 Å². The highest BCUT2D eigenvalue weighted by molar-refractivity contribution is 7.21. The molecule has 0 aromatic carbocycles. The van der Waals surface area contributed by atoms with Gasteiger partial charge < -0.3 is 14.0 Å². The molecule has 0 aliphatic carbocycles. The maximum absolute atomic E-state index is 11.9. The topological polar surface area (TPSA) is 56.8 Å². The lowest BCUT2D eigenvalue weighted by atomic mass is 9.87. The zero-order chi connectivity index (χ0) is 16.8. The molecule has 122 valence electrons. The molecule has 1 aliphatic rings. The molecule has 0 radical (unpaired) electrons. The van der Waals surface area contributed by atoms with Crippen LogP contribution in [-0.4, -0.2) is 30.0 Å². The second-order valence-electron chi connectivity index (χ2n) is 7.41. The summed E-state index contributed by atoms with van der Waals surface area (Å²) in [5.41, 5.74) is -0.696. The van der Waals surface area contributed by atoms with E-state index in [9.17, 15) is 4.79 Å². The van der Waals surface area contributed by atoms with Crippen LogP contribution in [0.2, 0.25) is 0 Å². The molecule has 1 aliphatic heterocycles. The summed E-state index contributed by atoms with van der Waals surface area (Å²) in [6.45, 7) is 13.5. The summed E-state index contributed by atoms with van der Waals surface area (Å²) in [6, 6.07) is 1.83. The van der Waals surface area contributed by atoms with Crippen LogP contribution in [0, 0.1) is 0 Å². The molecule has 0 atom stereocenters. The minimum atomic E-state index is -0.537. The number of hydrogen-bond acceptors (Lipinski definition) is 5. The molecule has 1 aromatic heterocycles. The summed E-state index contributed by atoms with van der Waals surface area (Å²) in [5.74, 6) is 0. The van der Waals surface area contributed by atoms with Gasteiger partial charge in [0.25, 0.3) is 0 Å². The van der Waals surface area contributed by atoms with Crippen LogP contribution in [0.25, 0.3) is 0 Å². The highest BCUT2D eigenvalue weighted by Gasteiger charge is 2.52. The van der Waals surface area contributed by atoms with Gasteiger partial charge in [0.2, 0.25) is 0 Å². The zero-order valence-electron chi connectivity index (χ0n) is 14.3. The Kier molecular flexibility index (Phi) is 4.36. The quantitative estimate of drug-likeness (QED) is 0.847. The van der Waals surface area contributed by atoms with E-state index < -0.39 is 30.0 Å². The zero-order valence-corrected chi connectivity index (χ0v) is 15.1. The second-order valence-corrected chi connectivity index (χ2v) is 8.36. The Bertz CT molecular complexity index is 546.